The number of aryl methyl sites for hydroxylation is 2. The standard InChI is InChI=1S/C13H17ClN4O2S/c1-18-10-15-13(17-18)7-9-16-21(19,20)12-4-2-11(3-5-12)6-8-14/h2-5,10,16H,6-9H2,1H3. The van der Waals surface area contributed by atoms with E-state index in [1.807, 2.05) is 0 Å². The number of alkyl halides is 1. The lowest BCUT2D eigenvalue weighted by atomic mass is 10.2. The molecule has 0 aliphatic rings. The molecule has 114 valence electrons. The van der Waals surface area contributed by atoms with E-state index in [9.17, 15) is 8.42 Å². The quantitative estimate of drug-likeness (QED) is 0.773. The average Bonchev–Trinajstić information content (AvgIpc) is 2.85. The maximum absolute atomic E-state index is 12.1. The third kappa shape index (κ3) is 4.52. The molecule has 0 spiro atoms. The van der Waals surface area contributed by atoms with Crippen molar-refractivity contribution in [2.24, 2.45) is 7.05 Å². The number of benzene rings is 1. The molecule has 1 aromatic heterocycles. The summed E-state index contributed by atoms with van der Waals surface area (Å²) in [4.78, 5) is 4.29. The van der Waals surface area contributed by atoms with Gasteiger partial charge in [-0.3, -0.25) is 4.68 Å². The normalized spacial score (nSPS) is 11.7. The van der Waals surface area contributed by atoms with Gasteiger partial charge in [0.05, 0.1) is 4.90 Å². The van der Waals surface area contributed by atoms with Crippen molar-refractivity contribution in [1.82, 2.24) is 19.5 Å². The summed E-state index contributed by atoms with van der Waals surface area (Å²) in [5.74, 6) is 1.12. The van der Waals surface area contributed by atoms with Crippen LogP contribution in [0.3, 0.4) is 0 Å². The second kappa shape index (κ2) is 7.02. The molecule has 0 bridgehead atoms. The first-order chi connectivity index (χ1) is 10.0. The second-order valence-electron chi connectivity index (χ2n) is 4.57. The van der Waals surface area contributed by atoms with Gasteiger partial charge in [0.15, 0.2) is 5.82 Å². The van der Waals surface area contributed by atoms with Gasteiger partial charge in [0.1, 0.15) is 6.33 Å². The van der Waals surface area contributed by atoms with Gasteiger partial charge < -0.3 is 0 Å². The van der Waals surface area contributed by atoms with Crippen LogP contribution < -0.4 is 4.72 Å². The molecule has 0 radical (unpaired) electrons. The van der Waals surface area contributed by atoms with Crippen LogP contribution in [0, 0.1) is 0 Å². The smallest absolute Gasteiger partial charge is 0.240 e. The van der Waals surface area contributed by atoms with E-state index >= 15 is 0 Å². The molecule has 2 aromatic rings. The SMILES string of the molecule is Cn1cnc(CCNS(=O)(=O)c2ccc(CCCl)cc2)n1. The van der Waals surface area contributed by atoms with Gasteiger partial charge in [0.25, 0.3) is 0 Å². The highest BCUT2D eigenvalue weighted by Gasteiger charge is 2.13. The molecule has 1 aromatic carbocycles. The number of hydrogen-bond donors (Lipinski definition) is 1. The number of hydrogen-bond acceptors (Lipinski definition) is 4. The highest BCUT2D eigenvalue weighted by molar-refractivity contribution is 7.89. The molecule has 0 aliphatic heterocycles. The Kier molecular flexibility index (Phi) is 5.33. The molecule has 2 rings (SSSR count). The average molecular weight is 329 g/mol. The van der Waals surface area contributed by atoms with Gasteiger partial charge in [0.2, 0.25) is 10.0 Å². The molecule has 0 unspecified atom stereocenters. The Morgan fingerprint density at radius 2 is 1.95 bits per heavy atom. The lowest BCUT2D eigenvalue weighted by Gasteiger charge is -2.06. The van der Waals surface area contributed by atoms with Crippen LogP contribution in [-0.2, 0) is 29.9 Å². The van der Waals surface area contributed by atoms with Gasteiger partial charge in [-0.15, -0.1) is 11.6 Å². The first kappa shape index (κ1) is 15.9. The lowest BCUT2D eigenvalue weighted by molar-refractivity contribution is 0.580. The predicted octanol–water partition coefficient (Wildman–Crippen LogP) is 1.12. The zero-order chi connectivity index (χ0) is 15.3. The second-order valence-corrected chi connectivity index (χ2v) is 6.71. The highest BCUT2D eigenvalue weighted by Crippen LogP contribution is 2.11. The van der Waals surface area contributed by atoms with Crippen molar-refractivity contribution in [3.05, 3.63) is 42.0 Å². The van der Waals surface area contributed by atoms with Crippen molar-refractivity contribution in [2.75, 3.05) is 12.4 Å². The summed E-state index contributed by atoms with van der Waals surface area (Å²) >= 11 is 5.65. The summed E-state index contributed by atoms with van der Waals surface area (Å²) in [6.45, 7) is 0.260. The molecule has 1 heterocycles. The number of rotatable bonds is 7. The van der Waals surface area contributed by atoms with Crippen molar-refractivity contribution in [2.45, 2.75) is 17.7 Å². The minimum absolute atomic E-state index is 0.245. The first-order valence-corrected chi connectivity index (χ1v) is 8.52. The fourth-order valence-electron chi connectivity index (χ4n) is 1.82. The van der Waals surface area contributed by atoms with Gasteiger partial charge >= 0.3 is 0 Å². The predicted molar refractivity (Wildman–Crippen MR) is 80.8 cm³/mol. The summed E-state index contributed by atoms with van der Waals surface area (Å²) in [5.41, 5.74) is 1.02. The molecule has 0 saturated carbocycles. The summed E-state index contributed by atoms with van der Waals surface area (Å²) in [6, 6.07) is 6.72. The number of aromatic nitrogens is 3. The third-order valence-corrected chi connectivity index (χ3v) is 4.57. The van der Waals surface area contributed by atoms with Crippen molar-refractivity contribution in [1.29, 1.82) is 0 Å². The highest BCUT2D eigenvalue weighted by atomic mass is 35.5. The van der Waals surface area contributed by atoms with Crippen LogP contribution in [0.25, 0.3) is 0 Å². The van der Waals surface area contributed by atoms with E-state index < -0.39 is 10.0 Å². The third-order valence-electron chi connectivity index (χ3n) is 2.90. The van der Waals surface area contributed by atoms with Gasteiger partial charge in [-0.05, 0) is 24.1 Å². The van der Waals surface area contributed by atoms with Gasteiger partial charge in [0, 0.05) is 25.9 Å². The zero-order valence-electron chi connectivity index (χ0n) is 11.7. The molecule has 1 N–H and O–H groups in total. The monoisotopic (exact) mass is 328 g/mol. The van der Waals surface area contributed by atoms with E-state index in [0.717, 1.165) is 12.0 Å². The van der Waals surface area contributed by atoms with Crippen LogP contribution in [0.4, 0.5) is 0 Å². The Hall–Kier alpha value is -1.44. The van der Waals surface area contributed by atoms with Crippen LogP contribution in [-0.4, -0.2) is 35.6 Å². The molecular weight excluding hydrogens is 312 g/mol. The maximum Gasteiger partial charge on any atom is 0.240 e. The Balaban J connectivity index is 1.94. The minimum atomic E-state index is -3.50. The van der Waals surface area contributed by atoms with Crippen molar-refractivity contribution >= 4 is 21.6 Å². The van der Waals surface area contributed by atoms with Gasteiger partial charge in [-0.25, -0.2) is 18.1 Å². The number of halogens is 1. The Labute approximate surface area is 129 Å². The molecule has 0 saturated heterocycles. The lowest BCUT2D eigenvalue weighted by Crippen LogP contribution is -2.26. The van der Waals surface area contributed by atoms with E-state index in [4.69, 9.17) is 11.6 Å². The molecule has 6 nitrogen and oxygen atoms in total. The fraction of sp³-hybridized carbons (Fsp3) is 0.385. The van der Waals surface area contributed by atoms with Gasteiger partial charge in [-0.1, -0.05) is 12.1 Å². The van der Waals surface area contributed by atoms with Crippen LogP contribution >= 0.6 is 11.6 Å². The van der Waals surface area contributed by atoms with Crippen LogP contribution in [0.15, 0.2) is 35.5 Å². The van der Waals surface area contributed by atoms with Crippen LogP contribution in [0.5, 0.6) is 0 Å². The molecular formula is C13H17ClN4O2S. The van der Waals surface area contributed by atoms with Crippen LogP contribution in [0.1, 0.15) is 11.4 Å². The fourth-order valence-corrected chi connectivity index (χ4v) is 3.07. The van der Waals surface area contributed by atoms with Gasteiger partial charge in [-0.2, -0.15) is 5.10 Å². The maximum atomic E-state index is 12.1. The molecule has 0 atom stereocenters. The molecule has 0 fully saturated rings. The Morgan fingerprint density at radius 1 is 1.24 bits per heavy atom. The first-order valence-electron chi connectivity index (χ1n) is 6.50. The van der Waals surface area contributed by atoms with Crippen LogP contribution in [0.2, 0.25) is 0 Å². The molecule has 0 aliphatic carbocycles. The van der Waals surface area contributed by atoms with E-state index in [1.165, 1.54) is 0 Å². The van der Waals surface area contributed by atoms with E-state index in [1.54, 1.807) is 42.3 Å². The zero-order valence-corrected chi connectivity index (χ0v) is 13.2. The topological polar surface area (TPSA) is 76.9 Å². The number of nitrogens with zero attached hydrogens (tertiary/aromatic N) is 3. The number of nitrogens with one attached hydrogen (secondary N) is 1. The van der Waals surface area contributed by atoms with Crippen molar-refractivity contribution in [3.8, 4) is 0 Å². The van der Waals surface area contributed by atoms with E-state index in [-0.39, 0.29) is 11.4 Å². The summed E-state index contributed by atoms with van der Waals surface area (Å²) in [6.07, 6.45) is 2.75. The Morgan fingerprint density at radius 3 is 2.52 bits per heavy atom. The summed E-state index contributed by atoms with van der Waals surface area (Å²) < 4.78 is 28.4. The Bertz CT molecular complexity index is 682. The van der Waals surface area contributed by atoms with Crippen molar-refractivity contribution < 1.29 is 8.42 Å². The summed E-state index contributed by atoms with van der Waals surface area (Å²) in [5, 5.41) is 4.09. The molecule has 0 amide bonds. The van der Waals surface area contributed by atoms with E-state index in [0.29, 0.717) is 18.1 Å². The molecule has 8 heteroatoms. The molecule has 21 heavy (non-hydrogen) atoms. The summed E-state index contributed by atoms with van der Waals surface area (Å²) in [7, 11) is -1.73. The van der Waals surface area contributed by atoms with Crippen molar-refractivity contribution in [3.63, 3.8) is 0 Å². The van der Waals surface area contributed by atoms with E-state index in [2.05, 4.69) is 14.8 Å². The largest absolute Gasteiger partial charge is 0.256 e. The number of sulfonamides is 1. The minimum Gasteiger partial charge on any atom is -0.256 e.